The molecule has 9 nitrogen and oxygen atoms in total. The first-order valence-electron chi connectivity index (χ1n) is 12.9. The first kappa shape index (κ1) is 29.4. The van der Waals surface area contributed by atoms with Gasteiger partial charge in [-0.05, 0) is 50.1 Å². The maximum atomic E-state index is 13.4. The molecule has 0 unspecified atom stereocenters. The molecule has 1 aliphatic carbocycles. The van der Waals surface area contributed by atoms with Crippen molar-refractivity contribution in [3.63, 3.8) is 0 Å². The molecule has 4 rings (SSSR count). The highest BCUT2D eigenvalue weighted by molar-refractivity contribution is 7.86. The number of nitrogens with one attached hydrogen (secondary N) is 2. The van der Waals surface area contributed by atoms with E-state index in [0.29, 0.717) is 17.2 Å². The van der Waals surface area contributed by atoms with Gasteiger partial charge in [-0.15, -0.1) is 0 Å². The summed E-state index contributed by atoms with van der Waals surface area (Å²) in [5.74, 6) is -2.28. The van der Waals surface area contributed by atoms with Crippen molar-refractivity contribution in [2.45, 2.75) is 57.3 Å². The number of hydrogen-bond donors (Lipinski definition) is 2. The van der Waals surface area contributed by atoms with E-state index in [1.54, 1.807) is 12.1 Å². The van der Waals surface area contributed by atoms with Gasteiger partial charge in [-0.1, -0.05) is 25.3 Å². The molecule has 2 N–H and O–H groups in total. The van der Waals surface area contributed by atoms with Gasteiger partial charge >= 0.3 is 6.18 Å². The molecule has 1 aliphatic heterocycles. The second-order valence-corrected chi connectivity index (χ2v) is 11.1. The lowest BCUT2D eigenvalue weighted by Crippen LogP contribution is -2.52. The molecule has 1 fully saturated rings. The number of anilines is 2. The maximum Gasteiger partial charge on any atom is 0.416 e. The normalized spacial score (nSPS) is 16.6. The molecule has 2 atom stereocenters. The first-order chi connectivity index (χ1) is 19.0. The van der Waals surface area contributed by atoms with E-state index in [0.717, 1.165) is 55.2 Å². The van der Waals surface area contributed by atoms with E-state index in [-0.39, 0.29) is 18.5 Å². The lowest BCUT2D eigenvalue weighted by atomic mass is 9.95. The Morgan fingerprint density at radius 1 is 1.02 bits per heavy atom. The molecule has 0 radical (unpaired) electrons. The van der Waals surface area contributed by atoms with E-state index in [4.69, 9.17) is 9.47 Å². The Kier molecular flexibility index (Phi) is 9.33. The predicted molar refractivity (Wildman–Crippen MR) is 142 cm³/mol. The monoisotopic (exact) mass is 581 g/mol. The summed E-state index contributed by atoms with van der Waals surface area (Å²) in [7, 11) is -2.02. The Labute approximate surface area is 231 Å². The summed E-state index contributed by atoms with van der Waals surface area (Å²) in [6.07, 6.45) is -0.165. The smallest absolute Gasteiger partial charge is 0.416 e. The fourth-order valence-electron chi connectivity index (χ4n) is 4.68. The third-order valence-corrected chi connectivity index (χ3v) is 7.82. The summed E-state index contributed by atoms with van der Waals surface area (Å²) in [6.45, 7) is 1.46. The molecular formula is C27H30F3N3O6S. The van der Waals surface area contributed by atoms with Gasteiger partial charge in [0.05, 0.1) is 5.56 Å². The first-order valence-corrected chi connectivity index (χ1v) is 14.3. The van der Waals surface area contributed by atoms with Crippen LogP contribution in [0.1, 0.15) is 44.6 Å². The SMILES string of the molecule is C[C@H](C(=O)NC1CCCCC1)N(C(=O)C[S@](=O)CC(=O)Nc1ccc2c(c1)OCO2)c1cccc(C(F)(F)F)c1. The molecule has 2 aromatic rings. The molecule has 2 aliphatic rings. The topological polar surface area (TPSA) is 114 Å². The van der Waals surface area contributed by atoms with Crippen molar-refractivity contribution in [1.29, 1.82) is 0 Å². The van der Waals surface area contributed by atoms with Gasteiger partial charge in [0.15, 0.2) is 11.5 Å². The number of fused-ring (bicyclic) bond motifs is 1. The van der Waals surface area contributed by atoms with Gasteiger partial charge in [0.1, 0.15) is 17.5 Å². The molecule has 2 aromatic carbocycles. The van der Waals surface area contributed by atoms with Crippen molar-refractivity contribution >= 4 is 39.9 Å². The van der Waals surface area contributed by atoms with E-state index < -0.39 is 57.8 Å². The van der Waals surface area contributed by atoms with Gasteiger partial charge in [0.25, 0.3) is 0 Å². The molecule has 1 saturated carbocycles. The fourth-order valence-corrected chi connectivity index (χ4v) is 5.56. The Morgan fingerprint density at radius 2 is 1.75 bits per heavy atom. The van der Waals surface area contributed by atoms with Gasteiger partial charge in [0.2, 0.25) is 24.5 Å². The second-order valence-electron chi connectivity index (χ2n) is 9.68. The summed E-state index contributed by atoms with van der Waals surface area (Å²) in [6, 6.07) is 7.50. The lowest BCUT2D eigenvalue weighted by Gasteiger charge is -2.31. The molecule has 0 spiro atoms. The number of nitrogens with zero attached hydrogens (tertiary/aromatic N) is 1. The molecule has 0 saturated heterocycles. The summed E-state index contributed by atoms with van der Waals surface area (Å²) >= 11 is 0. The molecule has 40 heavy (non-hydrogen) atoms. The standard InChI is InChI=1S/C27H30F3N3O6S/c1-17(26(36)32-19-7-3-2-4-8-19)33(21-9-5-6-18(12-21)27(28,29)30)25(35)15-40(37)14-24(34)31-20-10-11-22-23(13-20)39-16-38-22/h5-6,9-13,17,19H,2-4,7-8,14-16H2,1H3,(H,31,34)(H,32,36)/t17-,40-/m1/s1. The molecule has 1 heterocycles. The lowest BCUT2D eigenvalue weighted by molar-refractivity contribution is -0.137. The number of hydrogen-bond acceptors (Lipinski definition) is 6. The van der Waals surface area contributed by atoms with Crippen molar-refractivity contribution in [3.8, 4) is 11.5 Å². The zero-order valence-corrected chi connectivity index (χ0v) is 22.6. The quantitative estimate of drug-likeness (QED) is 0.463. The van der Waals surface area contributed by atoms with Gasteiger partial charge < -0.3 is 20.1 Å². The highest BCUT2D eigenvalue weighted by Crippen LogP contribution is 2.34. The van der Waals surface area contributed by atoms with Crippen molar-refractivity contribution in [2.24, 2.45) is 0 Å². The minimum Gasteiger partial charge on any atom is -0.454 e. The van der Waals surface area contributed by atoms with Gasteiger partial charge in [-0.3, -0.25) is 23.5 Å². The minimum absolute atomic E-state index is 0.0539. The molecule has 216 valence electrons. The van der Waals surface area contributed by atoms with Crippen molar-refractivity contribution in [1.82, 2.24) is 5.32 Å². The highest BCUT2D eigenvalue weighted by Gasteiger charge is 2.34. The Balaban J connectivity index is 1.46. The van der Waals surface area contributed by atoms with E-state index in [2.05, 4.69) is 10.6 Å². The molecular weight excluding hydrogens is 551 g/mol. The van der Waals surface area contributed by atoms with Gasteiger partial charge in [-0.25, -0.2) is 0 Å². The summed E-state index contributed by atoms with van der Waals surface area (Å²) in [5.41, 5.74) is -0.781. The van der Waals surface area contributed by atoms with Crippen LogP contribution in [0.15, 0.2) is 42.5 Å². The Hall–Kier alpha value is -3.61. The van der Waals surface area contributed by atoms with Crippen molar-refractivity contribution < 1.29 is 41.2 Å². The number of alkyl halides is 3. The number of amides is 3. The molecule has 0 bridgehead atoms. The van der Waals surface area contributed by atoms with E-state index in [9.17, 15) is 31.8 Å². The van der Waals surface area contributed by atoms with Crippen LogP contribution in [0.3, 0.4) is 0 Å². The van der Waals surface area contributed by atoms with Crippen molar-refractivity contribution in [2.75, 3.05) is 28.5 Å². The van der Waals surface area contributed by atoms with Crippen LogP contribution in [0.5, 0.6) is 11.5 Å². The molecule has 3 amide bonds. The van der Waals surface area contributed by atoms with Crippen LogP contribution in [0, 0.1) is 0 Å². The van der Waals surface area contributed by atoms with Crippen LogP contribution in [0.4, 0.5) is 24.5 Å². The largest absolute Gasteiger partial charge is 0.454 e. The van der Waals surface area contributed by atoms with E-state index in [1.165, 1.54) is 19.1 Å². The average molecular weight is 582 g/mol. The van der Waals surface area contributed by atoms with Crippen LogP contribution in [0.25, 0.3) is 0 Å². The molecule has 0 aromatic heterocycles. The number of carbonyl (C=O) groups is 3. The maximum absolute atomic E-state index is 13.4. The Bertz CT molecular complexity index is 1280. The second kappa shape index (κ2) is 12.7. The van der Waals surface area contributed by atoms with Crippen LogP contribution in [-0.4, -0.2) is 52.3 Å². The average Bonchev–Trinajstić information content (AvgIpc) is 3.37. The van der Waals surface area contributed by atoms with Crippen LogP contribution < -0.4 is 25.0 Å². The number of rotatable bonds is 9. The van der Waals surface area contributed by atoms with E-state index in [1.807, 2.05) is 0 Å². The van der Waals surface area contributed by atoms with Gasteiger partial charge in [0, 0.05) is 34.3 Å². The number of ether oxygens (including phenoxy) is 2. The third kappa shape index (κ3) is 7.52. The number of carbonyl (C=O) groups excluding carboxylic acids is 3. The number of halogens is 3. The van der Waals surface area contributed by atoms with Crippen molar-refractivity contribution in [3.05, 3.63) is 48.0 Å². The number of benzene rings is 2. The van der Waals surface area contributed by atoms with Crippen LogP contribution >= 0.6 is 0 Å². The Morgan fingerprint density at radius 3 is 2.48 bits per heavy atom. The van der Waals surface area contributed by atoms with Gasteiger partial charge in [-0.2, -0.15) is 13.2 Å². The van der Waals surface area contributed by atoms with Crippen LogP contribution in [-0.2, 0) is 31.4 Å². The zero-order valence-electron chi connectivity index (χ0n) is 21.8. The highest BCUT2D eigenvalue weighted by atomic mass is 32.2. The summed E-state index contributed by atoms with van der Waals surface area (Å²) in [4.78, 5) is 39.8. The summed E-state index contributed by atoms with van der Waals surface area (Å²) < 4.78 is 63.5. The molecule has 13 heteroatoms. The minimum atomic E-state index is -4.67. The fraction of sp³-hybridized carbons (Fsp3) is 0.444. The van der Waals surface area contributed by atoms with Crippen LogP contribution in [0.2, 0.25) is 0 Å². The summed E-state index contributed by atoms with van der Waals surface area (Å²) in [5, 5.41) is 5.45. The third-order valence-electron chi connectivity index (χ3n) is 6.67. The predicted octanol–water partition coefficient (Wildman–Crippen LogP) is 3.99. The zero-order chi connectivity index (χ0) is 28.9. The van der Waals surface area contributed by atoms with E-state index >= 15 is 0 Å².